The van der Waals surface area contributed by atoms with E-state index in [9.17, 15) is 9.59 Å². The molecule has 0 saturated carbocycles. The molecule has 2 aliphatic heterocycles. The van der Waals surface area contributed by atoms with Gasteiger partial charge < -0.3 is 10.0 Å². The van der Waals surface area contributed by atoms with E-state index in [0.29, 0.717) is 9.23 Å². The van der Waals surface area contributed by atoms with Gasteiger partial charge in [-0.1, -0.05) is 151 Å². The zero-order chi connectivity index (χ0) is 28.6. The molecule has 2 heterocycles. The second kappa shape index (κ2) is 18.6. The normalized spacial score (nSPS) is 17.0. The van der Waals surface area contributed by atoms with E-state index >= 15 is 0 Å². The highest BCUT2D eigenvalue weighted by Crippen LogP contribution is 2.46. The molecular formula is C32H46N2O3S3. The molecule has 8 heteroatoms. The van der Waals surface area contributed by atoms with E-state index in [-0.39, 0.29) is 5.91 Å². The van der Waals surface area contributed by atoms with Crippen LogP contribution < -0.4 is 4.90 Å². The Hall–Kier alpha value is -1.77. The molecule has 0 aromatic heterocycles. The molecule has 1 aromatic rings. The van der Waals surface area contributed by atoms with E-state index in [1.165, 1.54) is 119 Å². The lowest BCUT2D eigenvalue weighted by atomic mass is 10.0. The number of nitrogens with zero attached hydrogens (tertiary/aromatic N) is 2. The molecule has 0 aliphatic carbocycles. The van der Waals surface area contributed by atoms with Gasteiger partial charge in [0.05, 0.1) is 15.6 Å². The maximum Gasteiger partial charge on any atom is 0.323 e. The van der Waals surface area contributed by atoms with Crippen molar-refractivity contribution in [3.63, 3.8) is 0 Å². The summed E-state index contributed by atoms with van der Waals surface area (Å²) >= 11 is 8.10. The highest BCUT2D eigenvalue weighted by atomic mass is 32.2. The summed E-state index contributed by atoms with van der Waals surface area (Å²) in [5.41, 5.74) is 1.21. The maximum absolute atomic E-state index is 12.6. The van der Waals surface area contributed by atoms with E-state index in [2.05, 4.69) is 36.1 Å². The Balaban J connectivity index is 1.35. The van der Waals surface area contributed by atoms with E-state index < -0.39 is 12.5 Å². The molecule has 0 radical (unpaired) electrons. The van der Waals surface area contributed by atoms with Gasteiger partial charge in [-0.3, -0.25) is 14.5 Å². The predicted molar refractivity (Wildman–Crippen MR) is 175 cm³/mol. The first kappa shape index (κ1) is 32.7. The van der Waals surface area contributed by atoms with Crippen molar-refractivity contribution in [3.8, 4) is 0 Å². The van der Waals surface area contributed by atoms with Crippen molar-refractivity contribution in [2.75, 3.05) is 18.0 Å². The second-order valence-corrected chi connectivity index (χ2v) is 13.5. The molecule has 3 rings (SSSR count). The third-order valence-electron chi connectivity index (χ3n) is 7.42. The van der Waals surface area contributed by atoms with Gasteiger partial charge in [0, 0.05) is 11.4 Å². The lowest BCUT2D eigenvalue weighted by Gasteiger charge is -2.20. The Morgan fingerprint density at radius 1 is 0.800 bits per heavy atom. The zero-order valence-corrected chi connectivity index (χ0v) is 26.5. The molecule has 0 spiro atoms. The number of amides is 1. The first-order valence-electron chi connectivity index (χ1n) is 15.2. The highest BCUT2D eigenvalue weighted by Gasteiger charge is 2.33. The van der Waals surface area contributed by atoms with Gasteiger partial charge in [0.15, 0.2) is 0 Å². The third-order valence-corrected chi connectivity index (χ3v) is 9.94. The number of rotatable bonds is 20. The van der Waals surface area contributed by atoms with Crippen LogP contribution in [0, 0.1) is 0 Å². The molecule has 40 heavy (non-hydrogen) atoms. The van der Waals surface area contributed by atoms with Crippen LogP contribution in [-0.2, 0) is 9.59 Å². The number of anilines is 1. The van der Waals surface area contributed by atoms with Crippen LogP contribution in [0.4, 0.5) is 5.69 Å². The Kier molecular flexibility index (Phi) is 15.2. The average molecular weight is 603 g/mol. The average Bonchev–Trinajstić information content (AvgIpc) is 3.42. The van der Waals surface area contributed by atoms with Crippen LogP contribution in [0.2, 0.25) is 0 Å². The van der Waals surface area contributed by atoms with E-state index in [0.717, 1.165) is 22.9 Å². The number of carboxylic acid groups (broad SMARTS) is 1. The number of carbonyl (C=O) groups is 2. The number of hydrogen-bond donors (Lipinski definition) is 1. The number of para-hydroxylation sites is 1. The minimum atomic E-state index is -1.07. The summed E-state index contributed by atoms with van der Waals surface area (Å²) in [6.07, 6.45) is 25.5. The fourth-order valence-electron chi connectivity index (χ4n) is 5.16. The first-order valence-corrected chi connectivity index (χ1v) is 17.3. The van der Waals surface area contributed by atoms with Gasteiger partial charge in [0.25, 0.3) is 5.91 Å². The number of carboxylic acids is 1. The Labute approximate surface area is 255 Å². The fraction of sp³-hybridized carbons (Fsp3) is 0.594. The van der Waals surface area contributed by atoms with Crippen molar-refractivity contribution >= 4 is 57.6 Å². The van der Waals surface area contributed by atoms with Crippen LogP contribution in [0.25, 0.3) is 0 Å². The van der Waals surface area contributed by atoms with Crippen LogP contribution in [0.1, 0.15) is 110 Å². The summed E-state index contributed by atoms with van der Waals surface area (Å²) in [6, 6.07) is 8.41. The van der Waals surface area contributed by atoms with Crippen LogP contribution in [0.5, 0.6) is 0 Å². The fourth-order valence-corrected chi connectivity index (χ4v) is 7.45. The minimum Gasteiger partial charge on any atom is -0.480 e. The molecule has 220 valence electrons. The summed E-state index contributed by atoms with van der Waals surface area (Å²) in [6.45, 7) is 2.83. The van der Waals surface area contributed by atoms with Crippen LogP contribution in [-0.4, -0.2) is 39.3 Å². The standard InChI is InChI=1S/C32H46N2O3S3/c1-2-3-4-5-6-7-8-9-10-11-12-13-14-15-16-19-24-33-26-20-17-18-21-27(26)39-29(33)23-22-28-31(37)34(25-30(35)36)32(38)40-28/h17-18,20-23H,2-16,19,24-25H2,1H3,(H,35,36)/b28-22-,29-23+. The van der Waals surface area contributed by atoms with Gasteiger partial charge in [0.1, 0.15) is 10.9 Å². The number of carbonyl (C=O) groups excluding carboxylic acids is 1. The summed E-state index contributed by atoms with van der Waals surface area (Å²) in [5, 5.41) is 10.2. The largest absolute Gasteiger partial charge is 0.480 e. The summed E-state index contributed by atoms with van der Waals surface area (Å²) in [4.78, 5) is 28.9. The number of aliphatic carboxylic acids is 1. The molecule has 1 saturated heterocycles. The van der Waals surface area contributed by atoms with Crippen molar-refractivity contribution in [2.45, 2.75) is 115 Å². The molecule has 1 N–H and O–H groups in total. The van der Waals surface area contributed by atoms with E-state index in [4.69, 9.17) is 17.3 Å². The minimum absolute atomic E-state index is 0.296. The molecule has 1 amide bonds. The van der Waals surface area contributed by atoms with Crippen molar-refractivity contribution in [2.24, 2.45) is 0 Å². The zero-order valence-electron chi connectivity index (χ0n) is 24.1. The topological polar surface area (TPSA) is 60.9 Å². The van der Waals surface area contributed by atoms with Crippen LogP contribution >= 0.6 is 35.7 Å². The summed E-state index contributed by atoms with van der Waals surface area (Å²) in [5.74, 6) is -1.40. The summed E-state index contributed by atoms with van der Waals surface area (Å²) < 4.78 is 0.296. The molecule has 1 aromatic carbocycles. The lowest BCUT2D eigenvalue weighted by Crippen LogP contribution is -2.33. The molecule has 5 nitrogen and oxygen atoms in total. The molecular weight excluding hydrogens is 557 g/mol. The predicted octanol–water partition coefficient (Wildman–Crippen LogP) is 9.53. The van der Waals surface area contributed by atoms with Gasteiger partial charge in [-0.15, -0.1) is 0 Å². The number of hydrogen-bond acceptors (Lipinski definition) is 6. The smallest absolute Gasteiger partial charge is 0.323 e. The Bertz CT molecular complexity index is 1040. The number of thiocarbonyl (C=S) groups is 1. The Morgan fingerprint density at radius 2 is 1.35 bits per heavy atom. The van der Waals surface area contributed by atoms with Gasteiger partial charge in [-0.25, -0.2) is 0 Å². The third kappa shape index (κ3) is 10.9. The highest BCUT2D eigenvalue weighted by molar-refractivity contribution is 8.26. The van der Waals surface area contributed by atoms with Crippen LogP contribution in [0.3, 0.4) is 0 Å². The van der Waals surface area contributed by atoms with Gasteiger partial charge in [0.2, 0.25) is 0 Å². The molecule has 0 unspecified atom stereocenters. The van der Waals surface area contributed by atoms with Gasteiger partial charge >= 0.3 is 5.97 Å². The first-order chi connectivity index (χ1) is 19.5. The maximum atomic E-state index is 12.6. The quantitative estimate of drug-likeness (QED) is 0.0906. The number of unbranched alkanes of at least 4 members (excludes halogenated alkanes) is 15. The van der Waals surface area contributed by atoms with Crippen LogP contribution in [0.15, 0.2) is 51.2 Å². The monoisotopic (exact) mass is 602 g/mol. The lowest BCUT2D eigenvalue weighted by molar-refractivity contribution is -0.140. The molecule has 0 bridgehead atoms. The van der Waals surface area contributed by atoms with E-state index in [1.54, 1.807) is 17.8 Å². The summed E-state index contributed by atoms with van der Waals surface area (Å²) in [7, 11) is 0. The second-order valence-electron chi connectivity index (χ2n) is 10.7. The van der Waals surface area contributed by atoms with Crippen molar-refractivity contribution < 1.29 is 14.7 Å². The SMILES string of the molecule is CCCCCCCCCCCCCCCCCCN1/C(=C\C=C2/SC(=S)N(CC(=O)O)C2=O)Sc2ccccc21. The molecule has 0 atom stereocenters. The molecule has 1 fully saturated rings. The van der Waals surface area contributed by atoms with Gasteiger partial charge in [-0.05, 0) is 30.7 Å². The number of fused-ring (bicyclic) bond motifs is 1. The number of benzene rings is 1. The molecule has 2 aliphatic rings. The van der Waals surface area contributed by atoms with E-state index in [1.807, 2.05) is 6.08 Å². The Morgan fingerprint density at radius 3 is 1.93 bits per heavy atom. The van der Waals surface area contributed by atoms with Crippen molar-refractivity contribution in [1.82, 2.24) is 4.90 Å². The number of allylic oxidation sites excluding steroid dienone is 2. The van der Waals surface area contributed by atoms with Crippen molar-refractivity contribution in [1.29, 1.82) is 0 Å². The van der Waals surface area contributed by atoms with Crippen molar-refractivity contribution in [3.05, 3.63) is 46.4 Å². The van der Waals surface area contributed by atoms with Gasteiger partial charge in [-0.2, -0.15) is 0 Å². The number of thioether (sulfide) groups is 2.